The van der Waals surface area contributed by atoms with Crippen molar-refractivity contribution < 1.29 is 9.47 Å². The molecule has 1 aliphatic heterocycles. The van der Waals surface area contributed by atoms with Gasteiger partial charge in [0.15, 0.2) is 11.5 Å². The standard InChI is InChI=1S/C17H28N2O2/c1-4-8-18-15(13-19(3)9-5-2)14-6-7-16-17(12-14)21-11-10-20-16/h6-7,12,15,18H,4-5,8-11,13H2,1-3H3. The minimum atomic E-state index is 0.331. The Morgan fingerprint density at radius 3 is 2.62 bits per heavy atom. The highest BCUT2D eigenvalue weighted by Crippen LogP contribution is 2.32. The third kappa shape index (κ3) is 4.61. The van der Waals surface area contributed by atoms with Crippen molar-refractivity contribution in [2.75, 3.05) is 39.9 Å². The Bertz CT molecular complexity index is 437. The quantitative estimate of drug-likeness (QED) is 0.799. The van der Waals surface area contributed by atoms with Crippen LogP contribution in [0.3, 0.4) is 0 Å². The van der Waals surface area contributed by atoms with Crippen LogP contribution in [0.4, 0.5) is 0 Å². The summed E-state index contributed by atoms with van der Waals surface area (Å²) >= 11 is 0. The highest BCUT2D eigenvalue weighted by molar-refractivity contribution is 5.44. The number of hydrogen-bond donors (Lipinski definition) is 1. The first kappa shape index (κ1) is 16.1. The molecule has 0 saturated heterocycles. The number of rotatable bonds is 8. The largest absolute Gasteiger partial charge is 0.486 e. The van der Waals surface area contributed by atoms with Crippen molar-refractivity contribution in [3.8, 4) is 11.5 Å². The van der Waals surface area contributed by atoms with Gasteiger partial charge in [-0.1, -0.05) is 19.9 Å². The number of hydrogen-bond acceptors (Lipinski definition) is 4. The van der Waals surface area contributed by atoms with Gasteiger partial charge in [0.25, 0.3) is 0 Å². The summed E-state index contributed by atoms with van der Waals surface area (Å²) in [7, 11) is 2.18. The van der Waals surface area contributed by atoms with Gasteiger partial charge in [-0.25, -0.2) is 0 Å². The molecular weight excluding hydrogens is 264 g/mol. The molecule has 1 heterocycles. The Morgan fingerprint density at radius 1 is 1.14 bits per heavy atom. The maximum atomic E-state index is 5.70. The zero-order valence-electron chi connectivity index (χ0n) is 13.5. The van der Waals surface area contributed by atoms with Gasteiger partial charge in [-0.05, 0) is 50.7 Å². The van der Waals surface area contributed by atoms with Gasteiger partial charge < -0.3 is 19.7 Å². The van der Waals surface area contributed by atoms with Crippen LogP contribution in [0.1, 0.15) is 38.3 Å². The van der Waals surface area contributed by atoms with E-state index < -0.39 is 0 Å². The normalized spacial score (nSPS) is 15.2. The molecule has 0 spiro atoms. The van der Waals surface area contributed by atoms with Gasteiger partial charge in [-0.15, -0.1) is 0 Å². The molecule has 2 rings (SSSR count). The molecule has 4 heteroatoms. The lowest BCUT2D eigenvalue weighted by Gasteiger charge is -2.26. The molecule has 1 unspecified atom stereocenters. The second-order valence-electron chi connectivity index (χ2n) is 5.67. The molecule has 0 aliphatic carbocycles. The van der Waals surface area contributed by atoms with Crippen molar-refractivity contribution >= 4 is 0 Å². The number of nitrogens with one attached hydrogen (secondary N) is 1. The highest BCUT2D eigenvalue weighted by atomic mass is 16.6. The molecule has 1 atom stereocenters. The fourth-order valence-corrected chi connectivity index (χ4v) is 2.67. The Labute approximate surface area is 128 Å². The third-order valence-electron chi connectivity index (χ3n) is 3.71. The van der Waals surface area contributed by atoms with Crippen LogP contribution in [0, 0.1) is 0 Å². The average Bonchev–Trinajstić information content (AvgIpc) is 2.51. The maximum Gasteiger partial charge on any atom is 0.161 e. The van der Waals surface area contributed by atoms with Crippen LogP contribution in [-0.2, 0) is 0 Å². The SMILES string of the molecule is CCCNC(CN(C)CCC)c1ccc2c(c1)OCCO2. The molecule has 21 heavy (non-hydrogen) atoms. The van der Waals surface area contributed by atoms with Crippen molar-refractivity contribution in [2.45, 2.75) is 32.7 Å². The summed E-state index contributed by atoms with van der Waals surface area (Å²) < 4.78 is 11.3. The smallest absolute Gasteiger partial charge is 0.161 e. The number of benzene rings is 1. The fraction of sp³-hybridized carbons (Fsp3) is 0.647. The van der Waals surface area contributed by atoms with Crippen molar-refractivity contribution in [3.63, 3.8) is 0 Å². The summed E-state index contributed by atoms with van der Waals surface area (Å²) in [4.78, 5) is 2.38. The van der Waals surface area contributed by atoms with E-state index in [-0.39, 0.29) is 0 Å². The highest BCUT2D eigenvalue weighted by Gasteiger charge is 2.17. The van der Waals surface area contributed by atoms with Crippen molar-refractivity contribution in [2.24, 2.45) is 0 Å². The molecule has 0 aromatic heterocycles. The second-order valence-corrected chi connectivity index (χ2v) is 5.67. The van der Waals surface area contributed by atoms with Crippen molar-refractivity contribution in [1.82, 2.24) is 10.2 Å². The Morgan fingerprint density at radius 2 is 1.90 bits per heavy atom. The van der Waals surface area contributed by atoms with Crippen molar-refractivity contribution in [3.05, 3.63) is 23.8 Å². The predicted octanol–water partition coefficient (Wildman–Crippen LogP) is 2.84. The first-order chi connectivity index (χ1) is 10.2. The predicted molar refractivity (Wildman–Crippen MR) is 86.3 cm³/mol. The molecular formula is C17H28N2O2. The van der Waals surface area contributed by atoms with E-state index in [0.717, 1.165) is 37.6 Å². The average molecular weight is 292 g/mol. The lowest BCUT2D eigenvalue weighted by molar-refractivity contribution is 0.171. The van der Waals surface area contributed by atoms with E-state index in [9.17, 15) is 0 Å². The Kier molecular flexibility index (Phi) is 6.33. The van der Waals surface area contributed by atoms with E-state index in [1.807, 2.05) is 6.07 Å². The summed E-state index contributed by atoms with van der Waals surface area (Å²) in [5.41, 5.74) is 1.27. The number of ether oxygens (including phenoxy) is 2. The second kappa shape index (κ2) is 8.25. The van der Waals surface area contributed by atoms with Crippen LogP contribution in [-0.4, -0.2) is 44.8 Å². The summed E-state index contributed by atoms with van der Waals surface area (Å²) in [5, 5.41) is 3.64. The van der Waals surface area contributed by atoms with Gasteiger partial charge in [0, 0.05) is 12.6 Å². The first-order valence-corrected chi connectivity index (χ1v) is 8.06. The van der Waals surface area contributed by atoms with Gasteiger partial charge >= 0.3 is 0 Å². The van der Waals surface area contributed by atoms with Gasteiger partial charge in [0.2, 0.25) is 0 Å². The van der Waals surface area contributed by atoms with E-state index >= 15 is 0 Å². The fourth-order valence-electron chi connectivity index (χ4n) is 2.67. The minimum absolute atomic E-state index is 0.331. The molecule has 0 bridgehead atoms. The number of fused-ring (bicyclic) bond motifs is 1. The molecule has 0 fully saturated rings. The van der Waals surface area contributed by atoms with Crippen molar-refractivity contribution in [1.29, 1.82) is 0 Å². The van der Waals surface area contributed by atoms with Crippen LogP contribution in [0.25, 0.3) is 0 Å². The van der Waals surface area contributed by atoms with Gasteiger partial charge in [0.1, 0.15) is 13.2 Å². The van der Waals surface area contributed by atoms with E-state index in [1.54, 1.807) is 0 Å². The zero-order chi connectivity index (χ0) is 15.1. The van der Waals surface area contributed by atoms with Gasteiger partial charge in [-0.2, -0.15) is 0 Å². The maximum absolute atomic E-state index is 5.70. The molecule has 1 aliphatic rings. The Hall–Kier alpha value is -1.26. The molecule has 1 N–H and O–H groups in total. The lowest BCUT2D eigenvalue weighted by atomic mass is 10.0. The van der Waals surface area contributed by atoms with E-state index in [1.165, 1.54) is 12.0 Å². The van der Waals surface area contributed by atoms with E-state index in [4.69, 9.17) is 9.47 Å². The van der Waals surface area contributed by atoms with Crippen LogP contribution >= 0.6 is 0 Å². The van der Waals surface area contributed by atoms with E-state index in [2.05, 4.69) is 43.2 Å². The molecule has 0 amide bonds. The summed E-state index contributed by atoms with van der Waals surface area (Å²) in [6.07, 6.45) is 2.32. The molecule has 1 aromatic carbocycles. The number of likely N-dealkylation sites (N-methyl/N-ethyl adjacent to an activating group) is 1. The van der Waals surface area contributed by atoms with Gasteiger partial charge in [-0.3, -0.25) is 0 Å². The molecule has 4 nitrogen and oxygen atoms in total. The monoisotopic (exact) mass is 292 g/mol. The molecule has 118 valence electrons. The van der Waals surface area contributed by atoms with Crippen LogP contribution in [0.15, 0.2) is 18.2 Å². The van der Waals surface area contributed by atoms with Crippen LogP contribution in [0.5, 0.6) is 11.5 Å². The first-order valence-electron chi connectivity index (χ1n) is 8.06. The zero-order valence-corrected chi connectivity index (χ0v) is 13.5. The van der Waals surface area contributed by atoms with Gasteiger partial charge in [0.05, 0.1) is 0 Å². The number of nitrogens with zero attached hydrogens (tertiary/aromatic N) is 1. The van der Waals surface area contributed by atoms with Crippen LogP contribution < -0.4 is 14.8 Å². The van der Waals surface area contributed by atoms with E-state index in [0.29, 0.717) is 19.3 Å². The Balaban J connectivity index is 2.11. The lowest BCUT2D eigenvalue weighted by Crippen LogP contribution is -2.34. The summed E-state index contributed by atoms with van der Waals surface area (Å²) in [5.74, 6) is 1.74. The topological polar surface area (TPSA) is 33.7 Å². The minimum Gasteiger partial charge on any atom is -0.486 e. The third-order valence-corrected chi connectivity index (χ3v) is 3.71. The molecule has 0 radical (unpaired) electrons. The molecule has 0 saturated carbocycles. The summed E-state index contributed by atoms with van der Waals surface area (Å²) in [6.45, 7) is 8.85. The van der Waals surface area contributed by atoms with Crippen LogP contribution in [0.2, 0.25) is 0 Å². The summed E-state index contributed by atoms with van der Waals surface area (Å²) in [6, 6.07) is 6.64. The molecule has 1 aromatic rings.